The van der Waals surface area contributed by atoms with Crippen LogP contribution in [0.4, 0.5) is 0 Å². The third kappa shape index (κ3) is 6.91. The van der Waals surface area contributed by atoms with Crippen LogP contribution in [-0.4, -0.2) is 60.8 Å². The van der Waals surface area contributed by atoms with Crippen molar-refractivity contribution in [2.75, 3.05) is 19.7 Å². The third-order valence-corrected chi connectivity index (χ3v) is 4.93. The Bertz CT molecular complexity index is 559. The highest BCUT2D eigenvalue weighted by Gasteiger charge is 2.40. The smallest absolute Gasteiger partial charge is 0.333 e. The largest absolute Gasteiger partial charge is 0.463 e. The quantitative estimate of drug-likeness (QED) is 0.408. The molecule has 3 atom stereocenters. The highest BCUT2D eigenvalue weighted by atomic mass is 16.5. The number of esters is 1. The average Bonchev–Trinajstić information content (AvgIpc) is 2.66. The standard InChI is InChI=1S/C22H36N2O4/c1-7-12-24(13-8-2)19-14-17(22(26)27-11-5)15-20(21(19)23-16(6)25)28-18(9-3)10-4/h7-8,15,18-21H,1-2,9-14H2,3-6H3,(H,23,25)/t19-,20-,21+/m1/s1. The first-order valence-electron chi connectivity index (χ1n) is 10.2. The highest BCUT2D eigenvalue weighted by Crippen LogP contribution is 2.28. The van der Waals surface area contributed by atoms with Crippen LogP contribution in [0.25, 0.3) is 0 Å². The summed E-state index contributed by atoms with van der Waals surface area (Å²) in [5.41, 5.74) is 0.586. The number of hydrogen-bond donors (Lipinski definition) is 1. The molecule has 158 valence electrons. The zero-order chi connectivity index (χ0) is 21.1. The molecule has 0 aromatic carbocycles. The molecule has 1 N–H and O–H groups in total. The van der Waals surface area contributed by atoms with E-state index in [1.807, 2.05) is 18.2 Å². The van der Waals surface area contributed by atoms with E-state index in [1.165, 1.54) is 6.92 Å². The summed E-state index contributed by atoms with van der Waals surface area (Å²) in [6.07, 6.45) is 7.27. The molecule has 0 heterocycles. The fraction of sp³-hybridized carbons (Fsp3) is 0.636. The van der Waals surface area contributed by atoms with Crippen LogP contribution in [0.1, 0.15) is 47.0 Å². The van der Waals surface area contributed by atoms with Gasteiger partial charge in [-0.3, -0.25) is 9.69 Å². The molecule has 6 heteroatoms. The lowest BCUT2D eigenvalue weighted by Gasteiger charge is -2.43. The van der Waals surface area contributed by atoms with Crippen LogP contribution in [-0.2, 0) is 19.1 Å². The predicted molar refractivity (Wildman–Crippen MR) is 112 cm³/mol. The SMILES string of the molecule is C=CCN(CC=C)[C@@H]1CC(C(=O)OCC)=C[C@@H](OC(CC)CC)[C@H]1NC(C)=O. The molecule has 0 saturated carbocycles. The number of rotatable bonds is 12. The number of carbonyl (C=O) groups excluding carboxylic acids is 2. The summed E-state index contributed by atoms with van der Waals surface area (Å²) >= 11 is 0. The molecule has 0 fully saturated rings. The molecule has 1 aliphatic carbocycles. The Labute approximate surface area is 169 Å². The van der Waals surface area contributed by atoms with E-state index in [4.69, 9.17) is 9.47 Å². The van der Waals surface area contributed by atoms with Gasteiger partial charge in [-0.25, -0.2) is 4.79 Å². The zero-order valence-corrected chi connectivity index (χ0v) is 17.8. The van der Waals surface area contributed by atoms with E-state index in [1.54, 1.807) is 6.92 Å². The van der Waals surface area contributed by atoms with Gasteiger partial charge in [0.15, 0.2) is 0 Å². The van der Waals surface area contributed by atoms with E-state index in [0.717, 1.165) is 12.8 Å². The summed E-state index contributed by atoms with van der Waals surface area (Å²) < 4.78 is 11.6. The van der Waals surface area contributed by atoms with Crippen molar-refractivity contribution >= 4 is 11.9 Å². The molecule has 0 aliphatic heterocycles. The Hall–Kier alpha value is -1.92. The molecule has 1 rings (SSSR count). The van der Waals surface area contributed by atoms with E-state index in [0.29, 0.717) is 31.7 Å². The first-order chi connectivity index (χ1) is 13.4. The first-order valence-corrected chi connectivity index (χ1v) is 10.2. The van der Waals surface area contributed by atoms with Gasteiger partial charge >= 0.3 is 5.97 Å². The van der Waals surface area contributed by atoms with Gasteiger partial charge in [0.05, 0.1) is 24.9 Å². The van der Waals surface area contributed by atoms with Crippen LogP contribution in [0.2, 0.25) is 0 Å². The summed E-state index contributed by atoms with van der Waals surface area (Å²) in [6, 6.07) is -0.417. The van der Waals surface area contributed by atoms with Gasteiger partial charge in [-0.2, -0.15) is 0 Å². The monoisotopic (exact) mass is 392 g/mol. The van der Waals surface area contributed by atoms with Crippen LogP contribution >= 0.6 is 0 Å². The van der Waals surface area contributed by atoms with Gasteiger partial charge < -0.3 is 14.8 Å². The normalized spacial score (nSPS) is 21.9. The number of nitrogens with one attached hydrogen (secondary N) is 1. The van der Waals surface area contributed by atoms with Crippen LogP contribution in [0, 0.1) is 0 Å². The van der Waals surface area contributed by atoms with E-state index < -0.39 is 6.10 Å². The summed E-state index contributed by atoms with van der Waals surface area (Å²) in [5.74, 6) is -0.456. The molecule has 0 aromatic heterocycles. The molecule has 0 aromatic rings. The van der Waals surface area contributed by atoms with Gasteiger partial charge in [0.1, 0.15) is 0 Å². The minimum atomic E-state index is -0.413. The van der Waals surface area contributed by atoms with Crippen molar-refractivity contribution in [3.63, 3.8) is 0 Å². The topological polar surface area (TPSA) is 67.9 Å². The predicted octanol–water partition coefficient (Wildman–Crippen LogP) is 3.00. The number of carbonyl (C=O) groups is 2. The summed E-state index contributed by atoms with van der Waals surface area (Å²) in [4.78, 5) is 26.6. The second-order valence-electron chi connectivity index (χ2n) is 6.98. The highest BCUT2D eigenvalue weighted by molar-refractivity contribution is 5.89. The number of hydrogen-bond acceptors (Lipinski definition) is 5. The van der Waals surface area contributed by atoms with Gasteiger partial charge in [0.2, 0.25) is 5.91 Å². The molecule has 6 nitrogen and oxygen atoms in total. The minimum Gasteiger partial charge on any atom is -0.463 e. The van der Waals surface area contributed by atoms with Crippen LogP contribution in [0.15, 0.2) is 37.0 Å². The van der Waals surface area contributed by atoms with Crippen LogP contribution in [0.3, 0.4) is 0 Å². The molecule has 0 spiro atoms. The lowest BCUT2D eigenvalue weighted by Crippen LogP contribution is -2.59. The molecule has 28 heavy (non-hydrogen) atoms. The van der Waals surface area contributed by atoms with Crippen molar-refractivity contribution in [3.05, 3.63) is 37.0 Å². The Morgan fingerprint density at radius 3 is 2.32 bits per heavy atom. The fourth-order valence-electron chi connectivity index (χ4n) is 3.59. The Balaban J connectivity index is 3.34. The van der Waals surface area contributed by atoms with Gasteiger partial charge in [0, 0.05) is 31.6 Å². The summed E-state index contributed by atoms with van der Waals surface area (Å²) in [7, 11) is 0. The van der Waals surface area contributed by atoms with E-state index in [-0.39, 0.29) is 30.1 Å². The van der Waals surface area contributed by atoms with Crippen molar-refractivity contribution in [2.24, 2.45) is 0 Å². The Morgan fingerprint density at radius 1 is 1.25 bits per heavy atom. The third-order valence-electron chi connectivity index (χ3n) is 4.93. The van der Waals surface area contributed by atoms with E-state index in [2.05, 4.69) is 37.2 Å². The maximum atomic E-state index is 12.5. The molecule has 0 bridgehead atoms. The van der Waals surface area contributed by atoms with E-state index in [9.17, 15) is 9.59 Å². The molecule has 0 radical (unpaired) electrons. The fourth-order valence-corrected chi connectivity index (χ4v) is 3.59. The average molecular weight is 393 g/mol. The lowest BCUT2D eigenvalue weighted by molar-refractivity contribution is -0.139. The second-order valence-corrected chi connectivity index (χ2v) is 6.98. The van der Waals surface area contributed by atoms with Crippen molar-refractivity contribution in [2.45, 2.75) is 71.2 Å². The van der Waals surface area contributed by atoms with Gasteiger partial charge in [-0.15, -0.1) is 13.2 Å². The van der Waals surface area contributed by atoms with Crippen molar-refractivity contribution < 1.29 is 19.1 Å². The molecule has 1 amide bonds. The maximum Gasteiger partial charge on any atom is 0.333 e. The van der Waals surface area contributed by atoms with Crippen molar-refractivity contribution in [1.82, 2.24) is 10.2 Å². The number of ether oxygens (including phenoxy) is 2. The Morgan fingerprint density at radius 2 is 1.86 bits per heavy atom. The van der Waals surface area contributed by atoms with E-state index >= 15 is 0 Å². The lowest BCUT2D eigenvalue weighted by atomic mass is 9.86. The molecule has 1 aliphatic rings. The summed E-state index contributed by atoms with van der Waals surface area (Å²) in [6.45, 7) is 16.7. The van der Waals surface area contributed by atoms with Crippen LogP contribution < -0.4 is 5.32 Å². The molecule has 0 unspecified atom stereocenters. The zero-order valence-electron chi connectivity index (χ0n) is 17.8. The minimum absolute atomic E-state index is 0.0481. The van der Waals surface area contributed by atoms with Crippen molar-refractivity contribution in [1.29, 1.82) is 0 Å². The number of nitrogens with zero attached hydrogens (tertiary/aromatic N) is 1. The molecular formula is C22H36N2O4. The van der Waals surface area contributed by atoms with Gasteiger partial charge in [0.25, 0.3) is 0 Å². The van der Waals surface area contributed by atoms with Crippen LogP contribution in [0.5, 0.6) is 0 Å². The van der Waals surface area contributed by atoms with Gasteiger partial charge in [-0.1, -0.05) is 26.0 Å². The molecule has 0 saturated heterocycles. The molecular weight excluding hydrogens is 356 g/mol. The number of amides is 1. The summed E-state index contributed by atoms with van der Waals surface area (Å²) in [5, 5.41) is 3.05. The maximum absolute atomic E-state index is 12.5. The Kier molecular flexibility index (Phi) is 10.8. The van der Waals surface area contributed by atoms with Crippen molar-refractivity contribution in [3.8, 4) is 0 Å². The van der Waals surface area contributed by atoms with Gasteiger partial charge in [-0.05, 0) is 32.3 Å². The first kappa shape index (κ1) is 24.1. The second kappa shape index (κ2) is 12.5.